The van der Waals surface area contributed by atoms with Crippen molar-refractivity contribution >= 4 is 12.0 Å². The van der Waals surface area contributed by atoms with Crippen LogP contribution in [0.25, 0.3) is 6.08 Å². The number of phenols is 2. The molecule has 10 atom stereocenters. The lowest BCUT2D eigenvalue weighted by Crippen LogP contribution is -2.65. The number of carbonyl (C=O) groups excluding carboxylic acids is 1. The summed E-state index contributed by atoms with van der Waals surface area (Å²) >= 11 is 0. The fourth-order valence-corrected chi connectivity index (χ4v) is 5.03. The van der Waals surface area contributed by atoms with Crippen molar-refractivity contribution in [3.63, 3.8) is 0 Å². The highest BCUT2D eigenvalue weighted by atomic mass is 16.7. The van der Waals surface area contributed by atoms with Crippen molar-refractivity contribution < 1.29 is 78.8 Å². The van der Waals surface area contributed by atoms with Crippen molar-refractivity contribution in [1.82, 2.24) is 0 Å². The van der Waals surface area contributed by atoms with E-state index in [-0.39, 0.29) is 36.0 Å². The van der Waals surface area contributed by atoms with Crippen molar-refractivity contribution in [2.75, 3.05) is 34.0 Å². The Balaban J connectivity index is 1.46. The second-order valence-corrected chi connectivity index (χ2v) is 10.8. The van der Waals surface area contributed by atoms with Crippen LogP contribution in [0.2, 0.25) is 0 Å². The molecule has 0 unspecified atom stereocenters. The summed E-state index contributed by atoms with van der Waals surface area (Å²) in [7, 11) is 2.78. The number of rotatable bonds is 13. The third-order valence-electron chi connectivity index (χ3n) is 7.70. The molecular formula is C31H40O16. The van der Waals surface area contributed by atoms with Crippen molar-refractivity contribution in [3.05, 3.63) is 53.6 Å². The molecule has 2 aliphatic heterocycles. The zero-order valence-corrected chi connectivity index (χ0v) is 25.6. The van der Waals surface area contributed by atoms with Gasteiger partial charge in [0.05, 0.1) is 27.4 Å². The Morgan fingerprint density at radius 3 is 2.21 bits per heavy atom. The summed E-state index contributed by atoms with van der Waals surface area (Å²) < 4.78 is 37.9. The van der Waals surface area contributed by atoms with E-state index in [0.29, 0.717) is 11.1 Å². The molecule has 2 heterocycles. The lowest BCUT2D eigenvalue weighted by atomic mass is 9.97. The number of ether oxygens (including phenoxy) is 7. The van der Waals surface area contributed by atoms with Gasteiger partial charge in [0.2, 0.25) is 0 Å². The number of aliphatic hydroxyl groups is 6. The van der Waals surface area contributed by atoms with E-state index in [1.807, 2.05) is 0 Å². The number of benzene rings is 2. The van der Waals surface area contributed by atoms with Gasteiger partial charge in [-0.3, -0.25) is 0 Å². The van der Waals surface area contributed by atoms with Crippen molar-refractivity contribution in [1.29, 1.82) is 0 Å². The molecule has 2 fully saturated rings. The molecule has 2 aliphatic rings. The highest BCUT2D eigenvalue weighted by Crippen LogP contribution is 2.31. The molecule has 0 amide bonds. The lowest BCUT2D eigenvalue weighted by Gasteiger charge is -2.46. The molecule has 0 spiro atoms. The molecule has 2 aromatic carbocycles. The minimum Gasteiger partial charge on any atom is -0.504 e. The Kier molecular flexibility index (Phi) is 12.8. The highest BCUT2D eigenvalue weighted by molar-refractivity contribution is 5.87. The van der Waals surface area contributed by atoms with Gasteiger partial charge in [0, 0.05) is 6.08 Å². The monoisotopic (exact) mass is 668 g/mol. The summed E-state index contributed by atoms with van der Waals surface area (Å²) in [6.07, 6.45) is -13.4. The van der Waals surface area contributed by atoms with Gasteiger partial charge in [0.1, 0.15) is 55.4 Å². The third kappa shape index (κ3) is 8.88. The van der Waals surface area contributed by atoms with Gasteiger partial charge >= 0.3 is 5.97 Å². The quantitative estimate of drug-likeness (QED) is 0.0900. The number of phenolic OH excluding ortho intramolecular Hbond substituents is 2. The first-order valence-electron chi connectivity index (χ1n) is 14.6. The number of carbonyl (C=O) groups is 1. The number of hydrogen-bond acceptors (Lipinski definition) is 16. The van der Waals surface area contributed by atoms with Crippen LogP contribution in [-0.2, 0) is 34.9 Å². The van der Waals surface area contributed by atoms with Gasteiger partial charge in [-0.05, 0) is 47.9 Å². The van der Waals surface area contributed by atoms with E-state index in [2.05, 4.69) is 0 Å². The molecule has 8 N–H and O–H groups in total. The van der Waals surface area contributed by atoms with Gasteiger partial charge in [-0.1, -0.05) is 12.1 Å². The van der Waals surface area contributed by atoms with Gasteiger partial charge in [-0.2, -0.15) is 0 Å². The fourth-order valence-electron chi connectivity index (χ4n) is 5.03. The van der Waals surface area contributed by atoms with Crippen LogP contribution in [0, 0.1) is 0 Å². The molecule has 0 aliphatic carbocycles. The summed E-state index contributed by atoms with van der Waals surface area (Å²) in [6, 6.07) is 9.14. The number of hydrogen-bond donors (Lipinski definition) is 8. The molecule has 0 radical (unpaired) electrons. The maximum absolute atomic E-state index is 12.5. The fraction of sp³-hybridized carbons (Fsp3) is 0.516. The van der Waals surface area contributed by atoms with Crippen molar-refractivity contribution in [2.45, 2.75) is 67.8 Å². The lowest BCUT2D eigenvalue weighted by molar-refractivity contribution is -0.360. The molecule has 16 nitrogen and oxygen atoms in total. The predicted molar refractivity (Wildman–Crippen MR) is 158 cm³/mol. The van der Waals surface area contributed by atoms with Crippen LogP contribution < -0.4 is 9.47 Å². The molecule has 2 saturated heterocycles. The number of methoxy groups -OCH3 is 2. The van der Waals surface area contributed by atoms with Crippen LogP contribution in [0.5, 0.6) is 23.0 Å². The van der Waals surface area contributed by atoms with E-state index >= 15 is 0 Å². The van der Waals surface area contributed by atoms with Crippen LogP contribution >= 0.6 is 0 Å². The topological polar surface area (TPSA) is 244 Å². The van der Waals surface area contributed by atoms with Gasteiger partial charge < -0.3 is 74.0 Å². The van der Waals surface area contributed by atoms with Gasteiger partial charge in [-0.25, -0.2) is 4.79 Å². The molecule has 0 aromatic heterocycles. The molecule has 16 heteroatoms. The van der Waals surface area contributed by atoms with E-state index in [1.165, 1.54) is 44.6 Å². The number of aliphatic hydroxyl groups excluding tert-OH is 6. The third-order valence-corrected chi connectivity index (χ3v) is 7.70. The summed E-state index contributed by atoms with van der Waals surface area (Å²) in [5.41, 5.74) is 1.17. The molecule has 4 rings (SSSR count). The molecule has 0 saturated carbocycles. The van der Waals surface area contributed by atoms with Crippen molar-refractivity contribution in [2.24, 2.45) is 0 Å². The molecule has 0 bridgehead atoms. The van der Waals surface area contributed by atoms with Crippen molar-refractivity contribution in [3.8, 4) is 23.0 Å². The highest BCUT2D eigenvalue weighted by Gasteiger charge is 2.51. The molecule has 2 aromatic rings. The SMILES string of the molecule is COc1ccc(CCO[C@H]2O[C@H](COC(=O)/C=C/c3ccc(O)c(OC)c3)[C@H](O)[C@H](O[C@H]3O[C@@H](CO)[C@@H](O)[C@H](O)[C@@H]3O)[C@@H]2O)cc1O. The summed E-state index contributed by atoms with van der Waals surface area (Å²) in [5, 5.41) is 82.3. The minimum absolute atomic E-state index is 0.0539. The maximum atomic E-state index is 12.5. The standard InChI is InChI=1S/C31H40O16/c1-41-19-7-4-16(11-18(19)34)9-10-43-30-28(40)29(47-31-27(39)26(38)24(36)21(13-32)45-31)25(37)22(46-30)14-44-23(35)8-5-15-3-6-17(33)20(12-15)42-2/h3-8,11-12,21-22,24-34,36-40H,9-10,13-14H2,1-2H3/b8-5+/t21-,22+,24+,25-,26-,27-,28-,29-,30-,31+/m0/s1. The number of aromatic hydroxyl groups is 2. The summed E-state index contributed by atoms with van der Waals surface area (Å²) in [6.45, 7) is -1.34. The van der Waals surface area contributed by atoms with Crippen LogP contribution in [0.4, 0.5) is 0 Å². The first-order valence-corrected chi connectivity index (χ1v) is 14.6. The summed E-state index contributed by atoms with van der Waals surface area (Å²) in [5.74, 6) is -0.536. The first kappa shape index (κ1) is 36.3. The van der Waals surface area contributed by atoms with E-state index in [1.54, 1.807) is 12.1 Å². The normalized spacial score (nSPS) is 31.1. The van der Waals surface area contributed by atoms with Crippen LogP contribution in [0.1, 0.15) is 11.1 Å². The maximum Gasteiger partial charge on any atom is 0.330 e. The Labute approximate surface area is 269 Å². The molecule has 260 valence electrons. The van der Waals surface area contributed by atoms with E-state index in [0.717, 1.165) is 6.08 Å². The average Bonchev–Trinajstić information content (AvgIpc) is 3.06. The first-order chi connectivity index (χ1) is 22.5. The van der Waals surface area contributed by atoms with E-state index in [9.17, 15) is 45.6 Å². The molecule has 47 heavy (non-hydrogen) atoms. The van der Waals surface area contributed by atoms with Gasteiger partial charge in [-0.15, -0.1) is 0 Å². The van der Waals surface area contributed by atoms with Crippen LogP contribution in [0.15, 0.2) is 42.5 Å². The van der Waals surface area contributed by atoms with Gasteiger partial charge in [0.25, 0.3) is 0 Å². The Morgan fingerprint density at radius 2 is 1.53 bits per heavy atom. The zero-order valence-electron chi connectivity index (χ0n) is 25.6. The van der Waals surface area contributed by atoms with E-state index < -0.39 is 80.6 Å². The largest absolute Gasteiger partial charge is 0.504 e. The Morgan fingerprint density at radius 1 is 0.809 bits per heavy atom. The smallest absolute Gasteiger partial charge is 0.330 e. The summed E-state index contributed by atoms with van der Waals surface area (Å²) in [4.78, 5) is 12.5. The predicted octanol–water partition coefficient (Wildman–Crippen LogP) is -1.44. The second kappa shape index (κ2) is 16.5. The van der Waals surface area contributed by atoms with Crippen LogP contribution in [0.3, 0.4) is 0 Å². The average molecular weight is 669 g/mol. The van der Waals surface area contributed by atoms with E-state index in [4.69, 9.17) is 33.2 Å². The van der Waals surface area contributed by atoms with Gasteiger partial charge in [0.15, 0.2) is 35.6 Å². The Hall–Kier alpha value is -3.55. The minimum atomic E-state index is -1.84. The Bertz CT molecular complexity index is 1350. The zero-order chi connectivity index (χ0) is 34.2. The number of esters is 1. The molecular weight excluding hydrogens is 628 g/mol. The van der Waals surface area contributed by atoms with Crippen LogP contribution in [-0.4, -0.2) is 142 Å². The second-order valence-electron chi connectivity index (χ2n) is 10.8.